The topological polar surface area (TPSA) is 61.6 Å². The number of rotatable bonds is 7. The molecule has 1 unspecified atom stereocenters. The molecule has 0 aromatic carbocycles. The van der Waals surface area contributed by atoms with Gasteiger partial charge in [-0.15, -0.1) is 0 Å². The van der Waals surface area contributed by atoms with Crippen LogP contribution in [0, 0.1) is 0 Å². The summed E-state index contributed by atoms with van der Waals surface area (Å²) in [6.07, 6.45) is 4.63. The molecule has 1 saturated heterocycles. The van der Waals surface area contributed by atoms with Gasteiger partial charge in [-0.1, -0.05) is 0 Å². The average molecular weight is 268 g/mol. The van der Waals surface area contributed by atoms with E-state index in [0.29, 0.717) is 0 Å². The first-order valence-electron chi connectivity index (χ1n) is 7.50. The number of hydrogen-bond donors (Lipinski definition) is 2. The maximum atomic E-state index is 11.4. The van der Waals surface area contributed by atoms with Gasteiger partial charge in [-0.05, 0) is 46.2 Å². The zero-order valence-corrected chi connectivity index (χ0v) is 12.3. The van der Waals surface area contributed by atoms with Gasteiger partial charge in [-0.25, -0.2) is 0 Å². The van der Waals surface area contributed by atoms with Gasteiger partial charge in [-0.2, -0.15) is 0 Å². The number of piperazine rings is 1. The molecule has 2 rings (SSSR count). The Morgan fingerprint density at radius 1 is 1.32 bits per heavy atom. The number of primary amides is 1. The molecular formula is C14H28N4O. The molecule has 1 aliphatic carbocycles. The van der Waals surface area contributed by atoms with Crippen molar-refractivity contribution in [3.63, 3.8) is 0 Å². The molecule has 0 radical (unpaired) electrons. The number of hydrogen-bond acceptors (Lipinski definition) is 4. The fourth-order valence-electron chi connectivity index (χ4n) is 2.82. The Labute approximate surface area is 116 Å². The van der Waals surface area contributed by atoms with Crippen molar-refractivity contribution >= 4 is 5.91 Å². The molecule has 19 heavy (non-hydrogen) atoms. The summed E-state index contributed by atoms with van der Waals surface area (Å²) < 4.78 is 0. The largest absolute Gasteiger partial charge is 0.368 e. The SMILES string of the molecule is CNC(C)(CCCN1CCN(C2CC2)CC1)C(N)=O. The normalized spacial score (nSPS) is 25.2. The van der Waals surface area contributed by atoms with E-state index in [2.05, 4.69) is 15.1 Å². The third kappa shape index (κ3) is 3.91. The summed E-state index contributed by atoms with van der Waals surface area (Å²) in [5.74, 6) is -0.256. The van der Waals surface area contributed by atoms with E-state index in [4.69, 9.17) is 5.73 Å². The highest BCUT2D eigenvalue weighted by Gasteiger charge is 2.32. The van der Waals surface area contributed by atoms with Crippen molar-refractivity contribution in [3.05, 3.63) is 0 Å². The van der Waals surface area contributed by atoms with Crippen LogP contribution in [0.15, 0.2) is 0 Å². The molecule has 0 bridgehead atoms. The van der Waals surface area contributed by atoms with Crippen molar-refractivity contribution in [3.8, 4) is 0 Å². The molecule has 1 atom stereocenters. The minimum Gasteiger partial charge on any atom is -0.368 e. The van der Waals surface area contributed by atoms with E-state index >= 15 is 0 Å². The molecule has 2 fully saturated rings. The van der Waals surface area contributed by atoms with Crippen molar-refractivity contribution < 1.29 is 4.79 Å². The molecule has 0 aromatic heterocycles. The van der Waals surface area contributed by atoms with Gasteiger partial charge in [0.15, 0.2) is 0 Å². The van der Waals surface area contributed by atoms with E-state index in [9.17, 15) is 4.79 Å². The Balaban J connectivity index is 1.64. The van der Waals surface area contributed by atoms with Crippen molar-refractivity contribution in [2.75, 3.05) is 39.8 Å². The van der Waals surface area contributed by atoms with Crippen LogP contribution in [0.1, 0.15) is 32.6 Å². The van der Waals surface area contributed by atoms with Crippen molar-refractivity contribution in [1.29, 1.82) is 0 Å². The standard InChI is InChI=1S/C14H28N4O/c1-14(16-2,13(15)19)6-3-7-17-8-10-18(11-9-17)12-4-5-12/h12,16H,3-11H2,1-2H3,(H2,15,19). The molecule has 1 amide bonds. The van der Waals surface area contributed by atoms with Crippen LogP contribution in [-0.2, 0) is 4.79 Å². The van der Waals surface area contributed by atoms with Gasteiger partial charge in [0.25, 0.3) is 0 Å². The minimum absolute atomic E-state index is 0.256. The van der Waals surface area contributed by atoms with Crippen LogP contribution < -0.4 is 11.1 Å². The molecule has 3 N–H and O–H groups in total. The summed E-state index contributed by atoms with van der Waals surface area (Å²) >= 11 is 0. The number of amides is 1. The fraction of sp³-hybridized carbons (Fsp3) is 0.929. The molecule has 5 nitrogen and oxygen atoms in total. The molecular weight excluding hydrogens is 240 g/mol. The summed E-state index contributed by atoms with van der Waals surface area (Å²) in [4.78, 5) is 16.5. The number of carbonyl (C=O) groups excluding carboxylic acids is 1. The van der Waals surface area contributed by atoms with Crippen LogP contribution in [-0.4, -0.2) is 67.1 Å². The van der Waals surface area contributed by atoms with E-state index in [-0.39, 0.29) is 5.91 Å². The molecule has 1 heterocycles. The van der Waals surface area contributed by atoms with Gasteiger partial charge in [-0.3, -0.25) is 9.69 Å². The van der Waals surface area contributed by atoms with Crippen molar-refractivity contribution in [1.82, 2.24) is 15.1 Å². The van der Waals surface area contributed by atoms with Gasteiger partial charge >= 0.3 is 0 Å². The predicted molar refractivity (Wildman–Crippen MR) is 76.9 cm³/mol. The van der Waals surface area contributed by atoms with E-state index in [0.717, 1.165) is 25.4 Å². The van der Waals surface area contributed by atoms with E-state index in [1.807, 2.05) is 6.92 Å². The van der Waals surface area contributed by atoms with E-state index < -0.39 is 5.54 Å². The molecule has 1 aliphatic heterocycles. The summed E-state index contributed by atoms with van der Waals surface area (Å²) in [6.45, 7) is 7.73. The van der Waals surface area contributed by atoms with Crippen LogP contribution in [0.2, 0.25) is 0 Å². The Bertz CT molecular complexity index is 311. The van der Waals surface area contributed by atoms with Gasteiger partial charge in [0.1, 0.15) is 0 Å². The second-order valence-electron chi connectivity index (χ2n) is 6.16. The lowest BCUT2D eigenvalue weighted by atomic mass is 9.95. The van der Waals surface area contributed by atoms with Crippen molar-refractivity contribution in [2.24, 2.45) is 5.73 Å². The fourth-order valence-corrected chi connectivity index (χ4v) is 2.82. The van der Waals surface area contributed by atoms with Gasteiger partial charge in [0.2, 0.25) is 5.91 Å². The minimum atomic E-state index is -0.560. The molecule has 0 aromatic rings. The summed E-state index contributed by atoms with van der Waals surface area (Å²) in [5.41, 5.74) is 4.88. The Hall–Kier alpha value is -0.650. The zero-order chi connectivity index (χ0) is 13.9. The molecule has 1 saturated carbocycles. The molecule has 0 spiro atoms. The smallest absolute Gasteiger partial charge is 0.237 e. The number of carbonyl (C=O) groups is 1. The van der Waals surface area contributed by atoms with Crippen LogP contribution in [0.3, 0.4) is 0 Å². The summed E-state index contributed by atoms with van der Waals surface area (Å²) in [7, 11) is 1.80. The summed E-state index contributed by atoms with van der Waals surface area (Å²) in [6, 6.07) is 0.893. The number of nitrogens with one attached hydrogen (secondary N) is 1. The Kier molecular flexibility index (Phi) is 4.81. The number of likely N-dealkylation sites (N-methyl/N-ethyl adjacent to an activating group) is 1. The van der Waals surface area contributed by atoms with Crippen molar-refractivity contribution in [2.45, 2.75) is 44.2 Å². The second-order valence-corrected chi connectivity index (χ2v) is 6.16. The lowest BCUT2D eigenvalue weighted by Gasteiger charge is -2.35. The Morgan fingerprint density at radius 2 is 1.95 bits per heavy atom. The molecule has 110 valence electrons. The van der Waals surface area contributed by atoms with Gasteiger partial charge in [0, 0.05) is 32.2 Å². The maximum absolute atomic E-state index is 11.4. The van der Waals surface area contributed by atoms with Gasteiger partial charge < -0.3 is 16.0 Å². The quantitative estimate of drug-likeness (QED) is 0.683. The van der Waals surface area contributed by atoms with Crippen LogP contribution in [0.25, 0.3) is 0 Å². The summed E-state index contributed by atoms with van der Waals surface area (Å²) in [5, 5.41) is 3.04. The average Bonchev–Trinajstić information content (AvgIpc) is 3.23. The monoisotopic (exact) mass is 268 g/mol. The number of nitrogens with two attached hydrogens (primary N) is 1. The maximum Gasteiger partial charge on any atom is 0.237 e. The lowest BCUT2D eigenvalue weighted by molar-refractivity contribution is -0.123. The second kappa shape index (κ2) is 6.20. The van der Waals surface area contributed by atoms with Crippen LogP contribution in [0.5, 0.6) is 0 Å². The first-order valence-corrected chi connectivity index (χ1v) is 7.50. The van der Waals surface area contributed by atoms with Crippen LogP contribution in [0.4, 0.5) is 0 Å². The third-order valence-electron chi connectivity index (χ3n) is 4.72. The highest BCUT2D eigenvalue weighted by molar-refractivity contribution is 5.84. The zero-order valence-electron chi connectivity index (χ0n) is 12.3. The first kappa shape index (κ1) is 14.8. The predicted octanol–water partition coefficient (Wildman–Crippen LogP) is 0.0100. The first-order chi connectivity index (χ1) is 9.05. The highest BCUT2D eigenvalue weighted by Crippen LogP contribution is 2.27. The Morgan fingerprint density at radius 3 is 2.42 bits per heavy atom. The molecule has 2 aliphatic rings. The van der Waals surface area contributed by atoms with E-state index in [1.165, 1.54) is 39.0 Å². The van der Waals surface area contributed by atoms with Crippen LogP contribution >= 0.6 is 0 Å². The number of nitrogens with zero attached hydrogens (tertiary/aromatic N) is 2. The molecule has 5 heteroatoms. The lowest BCUT2D eigenvalue weighted by Crippen LogP contribution is -2.52. The van der Waals surface area contributed by atoms with Gasteiger partial charge in [0.05, 0.1) is 5.54 Å². The third-order valence-corrected chi connectivity index (χ3v) is 4.72. The highest BCUT2D eigenvalue weighted by atomic mass is 16.1. The van der Waals surface area contributed by atoms with E-state index in [1.54, 1.807) is 7.05 Å².